The summed E-state index contributed by atoms with van der Waals surface area (Å²) in [5.74, 6) is 0. The monoisotopic (exact) mass is 348 g/mol. The van der Waals surface area contributed by atoms with E-state index in [9.17, 15) is 10.2 Å². The number of aliphatic hydroxyl groups excluding tert-OH is 2. The summed E-state index contributed by atoms with van der Waals surface area (Å²) in [6.07, 6.45) is 0.607. The average Bonchev–Trinajstić information content (AvgIpc) is 2.49. The molecule has 0 fully saturated rings. The van der Waals surface area contributed by atoms with Gasteiger partial charge >= 0.3 is 0 Å². The van der Waals surface area contributed by atoms with Crippen LogP contribution in [0.3, 0.4) is 0 Å². The highest BCUT2D eigenvalue weighted by Crippen LogP contribution is 2.34. The predicted molar refractivity (Wildman–Crippen MR) is 89.6 cm³/mol. The third kappa shape index (κ3) is 3.37. The second-order valence-electron chi connectivity index (χ2n) is 5.68. The quantitative estimate of drug-likeness (QED) is 0.867. The zero-order chi connectivity index (χ0) is 15.5. The lowest BCUT2D eigenvalue weighted by atomic mass is 9.76. The molecule has 0 unspecified atom stereocenters. The van der Waals surface area contributed by atoms with Crippen molar-refractivity contribution in [2.75, 3.05) is 13.2 Å². The molecule has 2 N–H and O–H groups in total. The first-order chi connectivity index (χ1) is 10.0. The lowest BCUT2D eigenvalue weighted by molar-refractivity contribution is 0.115. The van der Waals surface area contributed by atoms with Crippen molar-refractivity contribution in [2.24, 2.45) is 0 Å². The van der Waals surface area contributed by atoms with E-state index in [4.69, 9.17) is 0 Å². The highest BCUT2D eigenvalue weighted by atomic mass is 79.9. The molecule has 0 aliphatic rings. The van der Waals surface area contributed by atoms with Crippen LogP contribution in [0.1, 0.15) is 22.3 Å². The van der Waals surface area contributed by atoms with Crippen molar-refractivity contribution in [1.82, 2.24) is 0 Å². The van der Waals surface area contributed by atoms with Crippen LogP contribution in [0.2, 0.25) is 0 Å². The summed E-state index contributed by atoms with van der Waals surface area (Å²) in [6, 6.07) is 14.1. The largest absolute Gasteiger partial charge is 0.395 e. The van der Waals surface area contributed by atoms with Crippen LogP contribution in [0.15, 0.2) is 46.9 Å². The molecule has 2 aromatic carbocycles. The van der Waals surface area contributed by atoms with E-state index in [2.05, 4.69) is 48.0 Å². The van der Waals surface area contributed by atoms with Crippen LogP contribution >= 0.6 is 15.9 Å². The van der Waals surface area contributed by atoms with E-state index in [1.807, 2.05) is 24.3 Å². The predicted octanol–water partition coefficient (Wildman–Crippen LogP) is 3.53. The Hall–Kier alpha value is -1.16. The van der Waals surface area contributed by atoms with Crippen molar-refractivity contribution >= 4 is 15.9 Å². The van der Waals surface area contributed by atoms with Crippen LogP contribution in [0.4, 0.5) is 0 Å². The molecular weight excluding hydrogens is 328 g/mol. The van der Waals surface area contributed by atoms with Gasteiger partial charge in [0.05, 0.1) is 13.2 Å². The minimum Gasteiger partial charge on any atom is -0.395 e. The summed E-state index contributed by atoms with van der Waals surface area (Å²) in [5.41, 5.74) is 3.79. The molecule has 2 nitrogen and oxygen atoms in total. The van der Waals surface area contributed by atoms with Gasteiger partial charge in [-0.2, -0.15) is 0 Å². The summed E-state index contributed by atoms with van der Waals surface area (Å²) >= 11 is 3.54. The minimum atomic E-state index is -0.682. The van der Waals surface area contributed by atoms with Gasteiger partial charge in [-0.25, -0.2) is 0 Å². The van der Waals surface area contributed by atoms with Crippen molar-refractivity contribution < 1.29 is 10.2 Å². The molecule has 0 aliphatic carbocycles. The normalized spacial score (nSPS) is 11.7. The van der Waals surface area contributed by atoms with Gasteiger partial charge in [0.1, 0.15) is 0 Å². The number of aryl methyl sites for hydroxylation is 2. The van der Waals surface area contributed by atoms with Gasteiger partial charge in [0.25, 0.3) is 0 Å². The first-order valence-corrected chi connectivity index (χ1v) is 7.84. The highest BCUT2D eigenvalue weighted by molar-refractivity contribution is 9.10. The third-order valence-electron chi connectivity index (χ3n) is 4.08. The van der Waals surface area contributed by atoms with Crippen molar-refractivity contribution in [3.05, 3.63) is 69.2 Å². The smallest absolute Gasteiger partial charge is 0.0553 e. The van der Waals surface area contributed by atoms with Crippen molar-refractivity contribution in [1.29, 1.82) is 0 Å². The number of benzene rings is 2. The summed E-state index contributed by atoms with van der Waals surface area (Å²) in [4.78, 5) is 0. The Labute approximate surface area is 134 Å². The van der Waals surface area contributed by atoms with Gasteiger partial charge in [-0.15, -0.1) is 0 Å². The Morgan fingerprint density at radius 3 is 2.29 bits per heavy atom. The molecule has 112 valence electrons. The van der Waals surface area contributed by atoms with Gasteiger partial charge in [0, 0.05) is 9.89 Å². The number of aliphatic hydroxyl groups is 2. The second kappa shape index (κ2) is 6.73. The van der Waals surface area contributed by atoms with Gasteiger partial charge in [0.2, 0.25) is 0 Å². The van der Waals surface area contributed by atoms with Gasteiger partial charge < -0.3 is 10.2 Å². The van der Waals surface area contributed by atoms with Crippen LogP contribution in [0.5, 0.6) is 0 Å². The molecule has 0 saturated heterocycles. The summed E-state index contributed by atoms with van der Waals surface area (Å²) < 4.78 is 0.915. The molecule has 21 heavy (non-hydrogen) atoms. The molecule has 0 amide bonds. The van der Waals surface area contributed by atoms with Crippen LogP contribution in [0.25, 0.3) is 0 Å². The fraction of sp³-hybridized carbons (Fsp3) is 0.333. The van der Waals surface area contributed by atoms with E-state index in [1.165, 1.54) is 11.1 Å². The van der Waals surface area contributed by atoms with E-state index < -0.39 is 5.41 Å². The Balaban J connectivity index is 2.48. The van der Waals surface area contributed by atoms with Gasteiger partial charge in [0.15, 0.2) is 0 Å². The fourth-order valence-corrected chi connectivity index (χ4v) is 3.38. The van der Waals surface area contributed by atoms with Crippen LogP contribution in [-0.2, 0) is 11.8 Å². The molecule has 0 saturated carbocycles. The molecule has 0 spiro atoms. The maximum atomic E-state index is 10.00. The van der Waals surface area contributed by atoms with Gasteiger partial charge in [-0.1, -0.05) is 57.9 Å². The Bertz CT molecular complexity index is 618. The van der Waals surface area contributed by atoms with E-state index >= 15 is 0 Å². The lowest BCUT2D eigenvalue weighted by Gasteiger charge is -2.32. The Kier molecular flexibility index (Phi) is 5.20. The molecule has 0 bridgehead atoms. The van der Waals surface area contributed by atoms with Gasteiger partial charge in [-0.3, -0.25) is 0 Å². The Morgan fingerprint density at radius 2 is 1.67 bits per heavy atom. The van der Waals surface area contributed by atoms with E-state index in [0.717, 1.165) is 15.6 Å². The molecule has 2 aromatic rings. The molecule has 0 aromatic heterocycles. The fourth-order valence-electron chi connectivity index (χ4n) is 2.67. The lowest BCUT2D eigenvalue weighted by Crippen LogP contribution is -2.38. The summed E-state index contributed by atoms with van der Waals surface area (Å²) in [7, 11) is 0. The van der Waals surface area contributed by atoms with Crippen molar-refractivity contribution in [2.45, 2.75) is 25.7 Å². The third-order valence-corrected chi connectivity index (χ3v) is 4.78. The number of hydrogen-bond donors (Lipinski definition) is 2. The molecule has 0 heterocycles. The van der Waals surface area contributed by atoms with E-state index in [0.29, 0.717) is 6.42 Å². The molecule has 3 heteroatoms. The van der Waals surface area contributed by atoms with Crippen LogP contribution in [-0.4, -0.2) is 23.4 Å². The minimum absolute atomic E-state index is 0.0977. The molecular formula is C18H21BrO2. The van der Waals surface area contributed by atoms with E-state index in [-0.39, 0.29) is 13.2 Å². The summed E-state index contributed by atoms with van der Waals surface area (Å²) in [6.45, 7) is 3.92. The second-order valence-corrected chi connectivity index (χ2v) is 6.54. The first-order valence-electron chi connectivity index (χ1n) is 7.05. The van der Waals surface area contributed by atoms with Crippen molar-refractivity contribution in [3.63, 3.8) is 0 Å². The number of rotatable bonds is 5. The maximum absolute atomic E-state index is 10.00. The van der Waals surface area contributed by atoms with Gasteiger partial charge in [-0.05, 0) is 43.0 Å². The Morgan fingerprint density at radius 1 is 1.00 bits per heavy atom. The standard InChI is InChI=1S/C18H21BrO2/c1-13-7-8-14(2)15(9-13)10-18(11-20,12-21)16-5-3-4-6-17(16)19/h3-9,20-21H,10-12H2,1-2H3. The van der Waals surface area contributed by atoms with Crippen LogP contribution < -0.4 is 0 Å². The number of halogens is 1. The average molecular weight is 349 g/mol. The van der Waals surface area contributed by atoms with Crippen molar-refractivity contribution in [3.8, 4) is 0 Å². The maximum Gasteiger partial charge on any atom is 0.0553 e. The number of hydrogen-bond acceptors (Lipinski definition) is 2. The van der Waals surface area contributed by atoms with E-state index in [1.54, 1.807) is 0 Å². The first kappa shape index (κ1) is 16.2. The molecule has 0 aliphatic heterocycles. The van der Waals surface area contributed by atoms with Crippen LogP contribution in [0, 0.1) is 13.8 Å². The molecule has 0 atom stereocenters. The zero-order valence-electron chi connectivity index (χ0n) is 12.4. The summed E-state index contributed by atoms with van der Waals surface area (Å²) in [5, 5.41) is 20.0. The molecule has 2 rings (SSSR count). The zero-order valence-corrected chi connectivity index (χ0v) is 14.0. The topological polar surface area (TPSA) is 40.5 Å². The SMILES string of the molecule is Cc1ccc(C)c(CC(CO)(CO)c2ccccc2Br)c1. The highest BCUT2D eigenvalue weighted by Gasteiger charge is 2.33. The molecule has 0 radical (unpaired) electrons.